The monoisotopic (exact) mass is 273 g/mol. The molecule has 0 saturated heterocycles. The maximum absolute atomic E-state index is 11.1. The molecule has 2 N–H and O–H groups in total. The Morgan fingerprint density at radius 3 is 2.89 bits per heavy atom. The Morgan fingerprint density at radius 1 is 1.32 bits per heavy atom. The molecule has 2 heterocycles. The minimum Gasteiger partial charge on any atom is -0.478 e. The number of carbonyl (C=O) groups is 1. The number of rotatable bonds is 2. The summed E-state index contributed by atoms with van der Waals surface area (Å²) in [7, 11) is 0. The Hall–Kier alpha value is -2.40. The van der Waals surface area contributed by atoms with Crippen LogP contribution in [0.3, 0.4) is 0 Å². The first-order valence-corrected chi connectivity index (χ1v) is 5.87. The molecule has 0 spiro atoms. The van der Waals surface area contributed by atoms with Crippen LogP contribution in [0.15, 0.2) is 36.5 Å². The lowest BCUT2D eigenvalue weighted by Crippen LogP contribution is -1.96. The number of carboxylic acid groups (broad SMARTS) is 1. The number of aromatic nitrogens is 3. The van der Waals surface area contributed by atoms with Gasteiger partial charge in [0.1, 0.15) is 16.5 Å². The molecule has 19 heavy (non-hydrogen) atoms. The minimum atomic E-state index is -1.00. The van der Waals surface area contributed by atoms with E-state index in [4.69, 9.17) is 16.7 Å². The Labute approximate surface area is 112 Å². The quantitative estimate of drug-likeness (QED) is 0.704. The predicted octanol–water partition coefficient (Wildman–Crippen LogP) is 2.98. The topological polar surface area (TPSA) is 78.9 Å². The third-order valence-corrected chi connectivity index (χ3v) is 2.95. The molecule has 0 aliphatic heterocycles. The molecule has 0 fully saturated rings. The number of fused-ring (bicyclic) bond motifs is 1. The molecule has 0 saturated carbocycles. The molecule has 94 valence electrons. The van der Waals surface area contributed by atoms with Gasteiger partial charge in [0.25, 0.3) is 0 Å². The van der Waals surface area contributed by atoms with Crippen LogP contribution in [0, 0.1) is 0 Å². The third kappa shape index (κ3) is 2.04. The molecule has 0 unspecified atom stereocenters. The van der Waals surface area contributed by atoms with E-state index < -0.39 is 5.97 Å². The zero-order valence-corrected chi connectivity index (χ0v) is 10.3. The Morgan fingerprint density at radius 2 is 2.16 bits per heavy atom. The van der Waals surface area contributed by atoms with Gasteiger partial charge in [0, 0.05) is 11.8 Å². The number of aromatic carboxylic acids is 1. The number of benzene rings is 1. The number of carboxylic acids is 1. The maximum atomic E-state index is 11.1. The Kier molecular flexibility index (Phi) is 2.68. The summed E-state index contributed by atoms with van der Waals surface area (Å²) in [6.45, 7) is 0. The number of pyridine rings is 1. The standard InChI is InChI=1S/C13H8ClN3O2/c14-10-6-7(4-5-15-10)12-16-9-3-1-2-8(13(18)19)11(9)17-12/h1-6H,(H,16,17)(H,18,19). The van der Waals surface area contributed by atoms with Crippen molar-refractivity contribution in [3.8, 4) is 11.4 Å². The van der Waals surface area contributed by atoms with E-state index in [1.54, 1.807) is 30.5 Å². The third-order valence-electron chi connectivity index (χ3n) is 2.74. The zero-order valence-electron chi connectivity index (χ0n) is 9.59. The highest BCUT2D eigenvalue weighted by Crippen LogP contribution is 2.23. The average molecular weight is 274 g/mol. The van der Waals surface area contributed by atoms with Crippen molar-refractivity contribution >= 4 is 28.6 Å². The number of para-hydroxylation sites is 1. The van der Waals surface area contributed by atoms with Gasteiger partial charge in [-0.25, -0.2) is 14.8 Å². The van der Waals surface area contributed by atoms with Crippen molar-refractivity contribution < 1.29 is 9.90 Å². The summed E-state index contributed by atoms with van der Waals surface area (Å²) in [4.78, 5) is 22.4. The van der Waals surface area contributed by atoms with Gasteiger partial charge < -0.3 is 10.1 Å². The molecule has 6 heteroatoms. The molecule has 0 radical (unpaired) electrons. The normalized spacial score (nSPS) is 10.8. The summed E-state index contributed by atoms with van der Waals surface area (Å²) < 4.78 is 0. The maximum Gasteiger partial charge on any atom is 0.337 e. The van der Waals surface area contributed by atoms with Crippen LogP contribution in [-0.2, 0) is 0 Å². The lowest BCUT2D eigenvalue weighted by Gasteiger charge is -1.95. The molecular weight excluding hydrogens is 266 g/mol. The number of aromatic amines is 1. The molecule has 2 aromatic heterocycles. The van der Waals surface area contributed by atoms with Gasteiger partial charge in [-0.3, -0.25) is 0 Å². The van der Waals surface area contributed by atoms with Gasteiger partial charge in [0.05, 0.1) is 11.1 Å². The largest absolute Gasteiger partial charge is 0.478 e. The Balaban J connectivity index is 2.22. The van der Waals surface area contributed by atoms with E-state index in [1.807, 2.05) is 0 Å². The minimum absolute atomic E-state index is 0.167. The van der Waals surface area contributed by atoms with Crippen LogP contribution >= 0.6 is 11.6 Å². The molecule has 3 rings (SSSR count). The highest BCUT2D eigenvalue weighted by Gasteiger charge is 2.13. The van der Waals surface area contributed by atoms with Crippen molar-refractivity contribution in [2.24, 2.45) is 0 Å². The smallest absolute Gasteiger partial charge is 0.337 e. The van der Waals surface area contributed by atoms with Crippen LogP contribution in [0.1, 0.15) is 10.4 Å². The fourth-order valence-electron chi connectivity index (χ4n) is 1.89. The van der Waals surface area contributed by atoms with Crippen LogP contribution in [0.25, 0.3) is 22.4 Å². The number of hydrogen-bond donors (Lipinski definition) is 2. The van der Waals surface area contributed by atoms with Crippen molar-refractivity contribution in [2.45, 2.75) is 0 Å². The summed E-state index contributed by atoms with van der Waals surface area (Å²) in [5.41, 5.74) is 2.02. The second-order valence-corrected chi connectivity index (χ2v) is 4.35. The molecule has 3 aromatic rings. The summed E-state index contributed by atoms with van der Waals surface area (Å²) in [5, 5.41) is 9.48. The van der Waals surface area contributed by atoms with Crippen molar-refractivity contribution in [3.63, 3.8) is 0 Å². The molecule has 5 nitrogen and oxygen atoms in total. The number of nitrogens with zero attached hydrogens (tertiary/aromatic N) is 2. The van der Waals surface area contributed by atoms with Gasteiger partial charge in [-0.1, -0.05) is 17.7 Å². The number of hydrogen-bond acceptors (Lipinski definition) is 3. The van der Waals surface area contributed by atoms with E-state index in [1.165, 1.54) is 6.07 Å². The molecule has 0 aliphatic carbocycles. The lowest BCUT2D eigenvalue weighted by molar-refractivity contribution is 0.0699. The first-order valence-electron chi connectivity index (χ1n) is 5.49. The molecule has 0 amide bonds. The molecule has 0 bridgehead atoms. The number of halogens is 1. The fraction of sp³-hybridized carbons (Fsp3) is 0. The average Bonchev–Trinajstić information content (AvgIpc) is 2.82. The SMILES string of the molecule is O=C(O)c1cccc2[nH]c(-c3ccnc(Cl)c3)nc12. The van der Waals surface area contributed by atoms with E-state index in [-0.39, 0.29) is 5.56 Å². The van der Waals surface area contributed by atoms with Crippen LogP contribution in [-0.4, -0.2) is 26.0 Å². The number of H-pyrrole nitrogens is 1. The van der Waals surface area contributed by atoms with E-state index in [9.17, 15) is 4.79 Å². The molecule has 0 aliphatic rings. The van der Waals surface area contributed by atoms with Crippen LogP contribution in [0.2, 0.25) is 5.15 Å². The van der Waals surface area contributed by atoms with Crippen LogP contribution in [0.5, 0.6) is 0 Å². The van der Waals surface area contributed by atoms with Crippen LogP contribution < -0.4 is 0 Å². The predicted molar refractivity (Wildman–Crippen MR) is 71.3 cm³/mol. The van der Waals surface area contributed by atoms with Gasteiger partial charge >= 0.3 is 5.97 Å². The zero-order chi connectivity index (χ0) is 13.4. The second kappa shape index (κ2) is 4.37. The number of imidazole rings is 1. The first kappa shape index (κ1) is 11.7. The van der Waals surface area contributed by atoms with Gasteiger partial charge in [-0.15, -0.1) is 0 Å². The van der Waals surface area contributed by atoms with Crippen molar-refractivity contribution in [2.75, 3.05) is 0 Å². The lowest BCUT2D eigenvalue weighted by atomic mass is 10.2. The van der Waals surface area contributed by atoms with Crippen molar-refractivity contribution in [3.05, 3.63) is 47.2 Å². The summed E-state index contributed by atoms with van der Waals surface area (Å²) in [6, 6.07) is 8.40. The van der Waals surface area contributed by atoms with E-state index in [0.29, 0.717) is 22.0 Å². The molecular formula is C13H8ClN3O2. The van der Waals surface area contributed by atoms with Gasteiger partial charge in [-0.2, -0.15) is 0 Å². The van der Waals surface area contributed by atoms with E-state index in [2.05, 4.69) is 15.0 Å². The van der Waals surface area contributed by atoms with Crippen molar-refractivity contribution in [1.82, 2.24) is 15.0 Å². The van der Waals surface area contributed by atoms with Gasteiger partial charge in [0.2, 0.25) is 0 Å². The fourth-order valence-corrected chi connectivity index (χ4v) is 2.07. The first-order chi connectivity index (χ1) is 9.15. The highest BCUT2D eigenvalue weighted by atomic mass is 35.5. The van der Waals surface area contributed by atoms with E-state index in [0.717, 1.165) is 5.56 Å². The number of nitrogens with one attached hydrogen (secondary N) is 1. The van der Waals surface area contributed by atoms with E-state index >= 15 is 0 Å². The molecule has 0 atom stereocenters. The molecule has 1 aromatic carbocycles. The Bertz CT molecular complexity index is 782. The summed E-state index contributed by atoms with van der Waals surface area (Å²) in [6.07, 6.45) is 1.57. The van der Waals surface area contributed by atoms with Crippen LogP contribution in [0.4, 0.5) is 0 Å². The highest BCUT2D eigenvalue weighted by molar-refractivity contribution is 6.29. The van der Waals surface area contributed by atoms with Gasteiger partial charge in [0.15, 0.2) is 0 Å². The van der Waals surface area contributed by atoms with Gasteiger partial charge in [-0.05, 0) is 24.3 Å². The van der Waals surface area contributed by atoms with Crippen molar-refractivity contribution in [1.29, 1.82) is 0 Å². The summed E-state index contributed by atoms with van der Waals surface area (Å²) in [5.74, 6) is -0.440. The second-order valence-electron chi connectivity index (χ2n) is 3.96. The summed E-state index contributed by atoms with van der Waals surface area (Å²) >= 11 is 5.83.